The van der Waals surface area contributed by atoms with Crippen molar-refractivity contribution in [3.63, 3.8) is 0 Å². The molecule has 0 radical (unpaired) electrons. The standard InChI is InChI=1S/C27H36N4O3S2/c1-5-21-9-12-24-25(19-21)35-27(28-24)31(16-6-15-29(3)4)26(32)22-13-17-30(18-14-22)36(33,34)23-10-7-20(2)8-11-23/h7-12,19,22H,5-6,13-18H2,1-4H3. The number of hydrogen-bond acceptors (Lipinski definition) is 6. The van der Waals surface area contributed by atoms with Gasteiger partial charge in [-0.05, 0) is 83.1 Å². The van der Waals surface area contributed by atoms with Crippen LogP contribution >= 0.6 is 11.3 Å². The normalized spacial score (nSPS) is 15.6. The Kier molecular flexibility index (Phi) is 8.44. The molecule has 1 amide bonds. The highest BCUT2D eigenvalue weighted by Crippen LogP contribution is 2.33. The molecule has 1 aromatic heterocycles. The summed E-state index contributed by atoms with van der Waals surface area (Å²) in [6.07, 6.45) is 2.83. The molecule has 0 saturated carbocycles. The lowest BCUT2D eigenvalue weighted by molar-refractivity contribution is -0.123. The van der Waals surface area contributed by atoms with Crippen LogP contribution in [0.5, 0.6) is 0 Å². The molecular formula is C27H36N4O3S2. The third-order valence-electron chi connectivity index (χ3n) is 6.80. The number of aromatic nitrogens is 1. The molecule has 36 heavy (non-hydrogen) atoms. The first-order valence-corrected chi connectivity index (χ1v) is 14.9. The second-order valence-corrected chi connectivity index (χ2v) is 12.7. The molecule has 9 heteroatoms. The van der Waals surface area contributed by atoms with Crippen LogP contribution in [0.1, 0.15) is 37.3 Å². The molecule has 7 nitrogen and oxygen atoms in total. The largest absolute Gasteiger partial charge is 0.309 e. The molecule has 1 aliphatic heterocycles. The minimum absolute atomic E-state index is 0.0518. The maximum Gasteiger partial charge on any atom is 0.243 e. The number of fused-ring (bicyclic) bond motifs is 1. The number of thiazole rings is 1. The van der Waals surface area contributed by atoms with Gasteiger partial charge in [-0.15, -0.1) is 0 Å². The van der Waals surface area contributed by atoms with Crippen LogP contribution in [-0.4, -0.2) is 68.8 Å². The fourth-order valence-electron chi connectivity index (χ4n) is 4.56. The van der Waals surface area contributed by atoms with Crippen LogP contribution in [-0.2, 0) is 21.2 Å². The van der Waals surface area contributed by atoms with Crippen LogP contribution in [0.15, 0.2) is 47.4 Å². The van der Waals surface area contributed by atoms with Gasteiger partial charge in [-0.1, -0.05) is 42.0 Å². The Labute approximate surface area is 218 Å². The Morgan fingerprint density at radius 2 is 1.78 bits per heavy atom. The number of carbonyl (C=O) groups excluding carboxylic acids is 1. The second-order valence-electron chi connectivity index (χ2n) is 9.79. The molecule has 0 aliphatic carbocycles. The van der Waals surface area contributed by atoms with E-state index in [9.17, 15) is 13.2 Å². The summed E-state index contributed by atoms with van der Waals surface area (Å²) < 4.78 is 28.8. The summed E-state index contributed by atoms with van der Waals surface area (Å²) in [5.41, 5.74) is 3.19. The van der Waals surface area contributed by atoms with Crippen LogP contribution in [0.4, 0.5) is 5.13 Å². The summed E-state index contributed by atoms with van der Waals surface area (Å²) in [5, 5.41) is 0.733. The Morgan fingerprint density at radius 1 is 1.08 bits per heavy atom. The average molecular weight is 529 g/mol. The Morgan fingerprint density at radius 3 is 2.42 bits per heavy atom. The zero-order chi connectivity index (χ0) is 25.9. The highest BCUT2D eigenvalue weighted by Gasteiger charge is 2.35. The quantitative estimate of drug-likeness (QED) is 0.407. The van der Waals surface area contributed by atoms with Crippen LogP contribution in [0.25, 0.3) is 10.2 Å². The van der Waals surface area contributed by atoms with E-state index in [0.717, 1.165) is 40.3 Å². The molecular weight excluding hydrogens is 492 g/mol. The third-order valence-corrected chi connectivity index (χ3v) is 9.75. The van der Waals surface area contributed by atoms with Gasteiger partial charge in [0.25, 0.3) is 0 Å². The molecule has 1 aliphatic rings. The summed E-state index contributed by atoms with van der Waals surface area (Å²) in [7, 11) is 0.501. The van der Waals surface area contributed by atoms with Gasteiger partial charge in [0.2, 0.25) is 15.9 Å². The van der Waals surface area contributed by atoms with E-state index in [4.69, 9.17) is 4.98 Å². The predicted octanol–water partition coefficient (Wildman–Crippen LogP) is 4.55. The number of amides is 1. The minimum Gasteiger partial charge on any atom is -0.309 e. The number of benzene rings is 2. The lowest BCUT2D eigenvalue weighted by Crippen LogP contribution is -2.45. The highest BCUT2D eigenvalue weighted by atomic mass is 32.2. The molecule has 194 valence electrons. The fourth-order valence-corrected chi connectivity index (χ4v) is 7.09. The second kappa shape index (κ2) is 11.4. The number of anilines is 1. The molecule has 4 rings (SSSR count). The Bertz CT molecular complexity index is 1290. The first-order valence-electron chi connectivity index (χ1n) is 12.6. The average Bonchev–Trinajstić information content (AvgIpc) is 3.29. The van der Waals surface area contributed by atoms with Crippen LogP contribution in [0.2, 0.25) is 0 Å². The molecule has 0 spiro atoms. The molecule has 3 aromatic rings. The van der Waals surface area contributed by atoms with Crippen molar-refractivity contribution in [2.45, 2.75) is 44.4 Å². The van der Waals surface area contributed by atoms with E-state index in [1.807, 2.05) is 44.1 Å². The number of nitrogens with zero attached hydrogens (tertiary/aromatic N) is 4. The number of carbonyl (C=O) groups is 1. The van der Waals surface area contributed by atoms with E-state index >= 15 is 0 Å². The summed E-state index contributed by atoms with van der Waals surface area (Å²) >= 11 is 1.56. The van der Waals surface area contributed by atoms with Crippen LogP contribution in [0, 0.1) is 12.8 Å². The molecule has 1 saturated heterocycles. The van der Waals surface area contributed by atoms with Crippen LogP contribution in [0.3, 0.4) is 0 Å². The van der Waals surface area contributed by atoms with Gasteiger partial charge in [0, 0.05) is 25.6 Å². The number of sulfonamides is 1. The molecule has 1 fully saturated rings. The van der Waals surface area contributed by atoms with Gasteiger partial charge >= 0.3 is 0 Å². The summed E-state index contributed by atoms with van der Waals surface area (Å²) in [6, 6.07) is 13.2. The van der Waals surface area contributed by atoms with Crippen molar-refractivity contribution in [2.24, 2.45) is 5.92 Å². The topological polar surface area (TPSA) is 73.8 Å². The van der Waals surface area contributed by atoms with Gasteiger partial charge in [-0.3, -0.25) is 9.69 Å². The Hall–Kier alpha value is -2.33. The predicted molar refractivity (Wildman–Crippen MR) is 147 cm³/mol. The van der Waals surface area contributed by atoms with E-state index in [2.05, 4.69) is 24.0 Å². The van der Waals surface area contributed by atoms with Crippen molar-refractivity contribution < 1.29 is 13.2 Å². The minimum atomic E-state index is -3.56. The van der Waals surface area contributed by atoms with Gasteiger partial charge < -0.3 is 4.90 Å². The lowest BCUT2D eigenvalue weighted by atomic mass is 9.96. The maximum atomic E-state index is 13.7. The van der Waals surface area contributed by atoms with Crippen molar-refractivity contribution in [1.29, 1.82) is 0 Å². The van der Waals surface area contributed by atoms with Crippen molar-refractivity contribution in [3.05, 3.63) is 53.6 Å². The number of hydrogen-bond donors (Lipinski definition) is 0. The fraction of sp³-hybridized carbons (Fsp3) is 0.481. The van der Waals surface area contributed by atoms with E-state index in [1.54, 1.807) is 23.5 Å². The summed E-state index contributed by atoms with van der Waals surface area (Å²) in [5.74, 6) is -0.164. The van der Waals surface area contributed by atoms with Crippen molar-refractivity contribution in [1.82, 2.24) is 14.2 Å². The van der Waals surface area contributed by atoms with Crippen molar-refractivity contribution in [2.75, 3.05) is 45.2 Å². The first kappa shape index (κ1) is 26.7. The van der Waals surface area contributed by atoms with E-state index in [-0.39, 0.29) is 11.8 Å². The highest BCUT2D eigenvalue weighted by molar-refractivity contribution is 7.89. The van der Waals surface area contributed by atoms with Gasteiger partial charge in [0.15, 0.2) is 5.13 Å². The molecule has 0 unspecified atom stereocenters. The third kappa shape index (κ3) is 5.96. The van der Waals surface area contributed by atoms with Crippen LogP contribution < -0.4 is 4.90 Å². The number of aryl methyl sites for hydroxylation is 2. The smallest absolute Gasteiger partial charge is 0.243 e. The van der Waals surface area contributed by atoms with Gasteiger partial charge in [-0.2, -0.15) is 4.31 Å². The van der Waals surface area contributed by atoms with E-state index in [1.165, 1.54) is 9.87 Å². The van der Waals surface area contributed by atoms with Gasteiger partial charge in [0.1, 0.15) is 0 Å². The zero-order valence-electron chi connectivity index (χ0n) is 21.6. The SMILES string of the molecule is CCc1ccc2nc(N(CCCN(C)C)C(=O)C3CCN(S(=O)(=O)c4ccc(C)cc4)CC3)sc2c1. The zero-order valence-corrected chi connectivity index (χ0v) is 23.2. The molecule has 2 heterocycles. The number of rotatable bonds is 9. The molecule has 0 bridgehead atoms. The monoisotopic (exact) mass is 528 g/mol. The first-order chi connectivity index (χ1) is 17.2. The van der Waals surface area contributed by atoms with Crippen molar-refractivity contribution >= 4 is 42.6 Å². The molecule has 0 N–H and O–H groups in total. The van der Waals surface area contributed by atoms with E-state index < -0.39 is 10.0 Å². The molecule has 2 aromatic carbocycles. The maximum absolute atomic E-state index is 13.7. The Balaban J connectivity index is 1.50. The number of piperidine rings is 1. The lowest BCUT2D eigenvalue weighted by Gasteiger charge is -2.33. The summed E-state index contributed by atoms with van der Waals surface area (Å²) in [6.45, 7) is 6.23. The van der Waals surface area contributed by atoms with E-state index in [0.29, 0.717) is 37.4 Å². The van der Waals surface area contributed by atoms with Gasteiger partial charge in [-0.25, -0.2) is 13.4 Å². The van der Waals surface area contributed by atoms with Crippen molar-refractivity contribution in [3.8, 4) is 0 Å². The van der Waals surface area contributed by atoms with Gasteiger partial charge in [0.05, 0.1) is 15.1 Å². The summed E-state index contributed by atoms with van der Waals surface area (Å²) in [4.78, 5) is 22.8. The molecule has 0 atom stereocenters.